The summed E-state index contributed by atoms with van der Waals surface area (Å²) in [5.74, 6) is 0.452. The van der Waals surface area contributed by atoms with Gasteiger partial charge in [0.05, 0.1) is 4.92 Å². The average Bonchev–Trinajstić information content (AvgIpc) is 2.55. The highest BCUT2D eigenvalue weighted by atomic mass is 16.6. The van der Waals surface area contributed by atoms with Gasteiger partial charge in [0.25, 0.3) is 11.6 Å². The zero-order valence-electron chi connectivity index (χ0n) is 12.8. The van der Waals surface area contributed by atoms with Crippen LogP contribution in [0.5, 0.6) is 5.75 Å². The van der Waals surface area contributed by atoms with Crippen LogP contribution in [0.15, 0.2) is 48.5 Å². The third-order valence-electron chi connectivity index (χ3n) is 3.27. The van der Waals surface area contributed by atoms with Crippen molar-refractivity contribution in [3.8, 4) is 5.75 Å². The number of non-ortho nitro benzene ring substituents is 1. The van der Waals surface area contributed by atoms with E-state index in [1.54, 1.807) is 12.1 Å². The highest BCUT2D eigenvalue weighted by Crippen LogP contribution is 2.12. The van der Waals surface area contributed by atoms with Gasteiger partial charge in [-0.1, -0.05) is 29.8 Å². The lowest BCUT2D eigenvalue weighted by molar-refractivity contribution is -0.384. The lowest BCUT2D eigenvalue weighted by atomic mass is 10.1. The van der Waals surface area contributed by atoms with Crippen molar-refractivity contribution in [1.29, 1.82) is 0 Å². The van der Waals surface area contributed by atoms with Gasteiger partial charge in [0.15, 0.2) is 6.61 Å². The van der Waals surface area contributed by atoms with Gasteiger partial charge in [0, 0.05) is 18.7 Å². The van der Waals surface area contributed by atoms with Crippen molar-refractivity contribution in [2.24, 2.45) is 0 Å². The first-order valence-corrected chi connectivity index (χ1v) is 7.24. The average molecular weight is 314 g/mol. The van der Waals surface area contributed by atoms with Crippen LogP contribution >= 0.6 is 0 Å². The SMILES string of the molecule is Cc1ccc(OCC(=O)NCCc2ccc([N+](=O)[O-])cc2)cc1. The summed E-state index contributed by atoms with van der Waals surface area (Å²) in [5, 5.41) is 13.3. The number of nitro benzene ring substituents is 1. The van der Waals surface area contributed by atoms with Gasteiger partial charge in [0.2, 0.25) is 0 Å². The Morgan fingerprint density at radius 3 is 2.39 bits per heavy atom. The Kier molecular flexibility index (Phi) is 5.68. The Bertz CT molecular complexity index is 666. The van der Waals surface area contributed by atoms with E-state index in [1.165, 1.54) is 12.1 Å². The fourth-order valence-electron chi connectivity index (χ4n) is 1.96. The smallest absolute Gasteiger partial charge is 0.269 e. The fraction of sp³-hybridized carbons (Fsp3) is 0.235. The van der Waals surface area contributed by atoms with E-state index in [9.17, 15) is 14.9 Å². The molecule has 6 heteroatoms. The van der Waals surface area contributed by atoms with E-state index in [4.69, 9.17) is 4.74 Å². The Hall–Kier alpha value is -2.89. The van der Waals surface area contributed by atoms with Crippen molar-refractivity contribution in [2.45, 2.75) is 13.3 Å². The number of ether oxygens (including phenoxy) is 1. The van der Waals surface area contributed by atoms with Crippen LogP contribution in [-0.4, -0.2) is 24.0 Å². The molecule has 6 nitrogen and oxygen atoms in total. The molecule has 2 aromatic rings. The van der Waals surface area contributed by atoms with Gasteiger partial charge >= 0.3 is 0 Å². The number of carbonyl (C=O) groups excluding carboxylic acids is 1. The van der Waals surface area contributed by atoms with Gasteiger partial charge in [-0.2, -0.15) is 0 Å². The van der Waals surface area contributed by atoms with Crippen molar-refractivity contribution in [2.75, 3.05) is 13.2 Å². The molecule has 0 aliphatic heterocycles. The van der Waals surface area contributed by atoms with E-state index in [2.05, 4.69) is 5.32 Å². The van der Waals surface area contributed by atoms with Crippen molar-refractivity contribution in [3.05, 3.63) is 69.8 Å². The maximum Gasteiger partial charge on any atom is 0.269 e. The van der Waals surface area contributed by atoms with E-state index >= 15 is 0 Å². The second-order valence-electron chi connectivity index (χ2n) is 5.13. The van der Waals surface area contributed by atoms with Crippen LogP contribution in [0.25, 0.3) is 0 Å². The van der Waals surface area contributed by atoms with Gasteiger partial charge in [0.1, 0.15) is 5.75 Å². The predicted octanol–water partition coefficient (Wildman–Crippen LogP) is 2.64. The summed E-state index contributed by atoms with van der Waals surface area (Å²) < 4.78 is 5.38. The molecule has 0 atom stereocenters. The summed E-state index contributed by atoms with van der Waals surface area (Å²) in [4.78, 5) is 21.8. The number of nitrogens with one attached hydrogen (secondary N) is 1. The molecular weight excluding hydrogens is 296 g/mol. The molecule has 0 heterocycles. The minimum Gasteiger partial charge on any atom is -0.484 e. The highest BCUT2D eigenvalue weighted by Gasteiger charge is 2.05. The number of aryl methyl sites for hydroxylation is 1. The highest BCUT2D eigenvalue weighted by molar-refractivity contribution is 5.77. The van der Waals surface area contributed by atoms with Crippen LogP contribution < -0.4 is 10.1 Å². The molecular formula is C17H18N2O4. The maximum atomic E-state index is 11.7. The van der Waals surface area contributed by atoms with Gasteiger partial charge in [-0.15, -0.1) is 0 Å². The van der Waals surface area contributed by atoms with Gasteiger partial charge in [-0.25, -0.2) is 0 Å². The van der Waals surface area contributed by atoms with Crippen molar-refractivity contribution < 1.29 is 14.5 Å². The molecule has 0 aromatic heterocycles. The minimum atomic E-state index is -0.437. The summed E-state index contributed by atoms with van der Waals surface area (Å²) in [6.45, 7) is 2.39. The Morgan fingerprint density at radius 1 is 1.13 bits per heavy atom. The molecule has 0 saturated carbocycles. The normalized spacial score (nSPS) is 10.1. The van der Waals surface area contributed by atoms with Crippen molar-refractivity contribution in [1.82, 2.24) is 5.32 Å². The Labute approximate surface area is 134 Å². The third-order valence-corrected chi connectivity index (χ3v) is 3.27. The first-order chi connectivity index (χ1) is 11.0. The van der Waals surface area contributed by atoms with E-state index in [1.807, 2.05) is 31.2 Å². The van der Waals surface area contributed by atoms with E-state index < -0.39 is 4.92 Å². The molecule has 0 radical (unpaired) electrons. The summed E-state index contributed by atoms with van der Waals surface area (Å²) in [5.41, 5.74) is 2.12. The van der Waals surface area contributed by atoms with Gasteiger partial charge in [-0.3, -0.25) is 14.9 Å². The van der Waals surface area contributed by atoms with Crippen molar-refractivity contribution in [3.63, 3.8) is 0 Å². The zero-order chi connectivity index (χ0) is 16.7. The van der Waals surface area contributed by atoms with Crippen molar-refractivity contribution >= 4 is 11.6 Å². The molecule has 2 rings (SSSR count). The molecule has 0 bridgehead atoms. The number of carbonyl (C=O) groups is 1. The lowest BCUT2D eigenvalue weighted by Crippen LogP contribution is -2.30. The topological polar surface area (TPSA) is 81.5 Å². The first-order valence-electron chi connectivity index (χ1n) is 7.24. The molecule has 0 unspecified atom stereocenters. The summed E-state index contributed by atoms with van der Waals surface area (Å²) in [6.07, 6.45) is 0.605. The molecule has 0 fully saturated rings. The first kappa shape index (κ1) is 16.5. The quantitative estimate of drug-likeness (QED) is 0.629. The van der Waals surface area contributed by atoms with E-state index in [-0.39, 0.29) is 18.2 Å². The van der Waals surface area contributed by atoms with Crippen LogP contribution in [-0.2, 0) is 11.2 Å². The summed E-state index contributed by atoms with van der Waals surface area (Å²) >= 11 is 0. The second-order valence-corrected chi connectivity index (χ2v) is 5.13. The number of nitro groups is 1. The number of rotatable bonds is 7. The van der Waals surface area contributed by atoms with Crippen LogP contribution in [0.1, 0.15) is 11.1 Å². The molecule has 0 spiro atoms. The molecule has 0 aliphatic rings. The van der Waals surface area contributed by atoms with Crippen LogP contribution in [0.3, 0.4) is 0 Å². The van der Waals surface area contributed by atoms with Gasteiger partial charge < -0.3 is 10.1 Å². The predicted molar refractivity (Wildman–Crippen MR) is 86.5 cm³/mol. The van der Waals surface area contributed by atoms with Crippen LogP contribution in [0, 0.1) is 17.0 Å². The molecule has 0 aliphatic carbocycles. The van der Waals surface area contributed by atoms with E-state index in [0.29, 0.717) is 18.7 Å². The number of nitrogens with zero attached hydrogens (tertiary/aromatic N) is 1. The third kappa shape index (κ3) is 5.43. The Balaban J connectivity index is 1.70. The number of amides is 1. The summed E-state index contributed by atoms with van der Waals surface area (Å²) in [6, 6.07) is 13.8. The Morgan fingerprint density at radius 2 is 1.78 bits per heavy atom. The molecule has 0 saturated heterocycles. The van der Waals surface area contributed by atoms with Gasteiger partial charge in [-0.05, 0) is 31.0 Å². The molecule has 23 heavy (non-hydrogen) atoms. The molecule has 120 valence electrons. The standard InChI is InChI=1S/C17H18N2O4/c1-13-2-8-16(9-3-13)23-12-17(20)18-11-10-14-4-6-15(7-5-14)19(21)22/h2-9H,10-12H2,1H3,(H,18,20). The number of hydrogen-bond acceptors (Lipinski definition) is 4. The van der Waals surface area contributed by atoms with Crippen LogP contribution in [0.2, 0.25) is 0 Å². The lowest BCUT2D eigenvalue weighted by Gasteiger charge is -2.08. The molecule has 1 amide bonds. The second kappa shape index (κ2) is 7.93. The zero-order valence-corrected chi connectivity index (χ0v) is 12.8. The monoisotopic (exact) mass is 314 g/mol. The number of hydrogen-bond donors (Lipinski definition) is 1. The van der Waals surface area contributed by atoms with E-state index in [0.717, 1.165) is 11.1 Å². The number of benzene rings is 2. The fourth-order valence-corrected chi connectivity index (χ4v) is 1.96. The largest absolute Gasteiger partial charge is 0.484 e. The molecule has 1 N–H and O–H groups in total. The minimum absolute atomic E-state index is 0.0384. The maximum absolute atomic E-state index is 11.7. The van der Waals surface area contributed by atoms with Crippen LogP contribution in [0.4, 0.5) is 5.69 Å². The molecule has 2 aromatic carbocycles. The summed E-state index contributed by atoms with van der Waals surface area (Å²) in [7, 11) is 0.